The lowest BCUT2D eigenvalue weighted by Crippen LogP contribution is -2.18. The maximum Gasteiger partial charge on any atom is 0.136 e. The third-order valence-corrected chi connectivity index (χ3v) is 4.76. The van der Waals surface area contributed by atoms with Gasteiger partial charge in [0.2, 0.25) is 0 Å². The van der Waals surface area contributed by atoms with Crippen molar-refractivity contribution in [2.75, 3.05) is 0 Å². The molecule has 1 atom stereocenters. The Labute approximate surface area is 159 Å². The molecule has 0 amide bonds. The van der Waals surface area contributed by atoms with E-state index in [0.717, 1.165) is 23.5 Å². The van der Waals surface area contributed by atoms with E-state index in [0.29, 0.717) is 0 Å². The average molecular weight is 351 g/mol. The number of para-hydroxylation sites is 1. The van der Waals surface area contributed by atoms with Crippen molar-refractivity contribution in [2.45, 2.75) is 61.3 Å². The van der Waals surface area contributed by atoms with Gasteiger partial charge in [-0.3, -0.25) is 0 Å². The van der Waals surface area contributed by atoms with E-state index < -0.39 is 0 Å². The lowest BCUT2D eigenvalue weighted by Gasteiger charge is -2.32. The third-order valence-electron chi connectivity index (χ3n) is 4.76. The molecule has 1 heteroatoms. The Hall–Kier alpha value is -2.02. The van der Waals surface area contributed by atoms with Crippen LogP contribution in [0.5, 0.6) is 0 Å². The SMILES string of the molecule is CC.CC.CC1CC(c2ccc3c(c2)oc2ccccc23)=CC(C)(C)C1. The maximum absolute atomic E-state index is 6.04. The van der Waals surface area contributed by atoms with Crippen molar-refractivity contribution in [3.05, 3.63) is 54.1 Å². The Kier molecular flexibility index (Phi) is 6.69. The minimum Gasteiger partial charge on any atom is -0.456 e. The monoisotopic (exact) mass is 350 g/mol. The van der Waals surface area contributed by atoms with E-state index in [1.54, 1.807) is 0 Å². The quantitative estimate of drug-likeness (QED) is 0.429. The van der Waals surface area contributed by atoms with Crippen molar-refractivity contribution < 1.29 is 4.42 Å². The van der Waals surface area contributed by atoms with Crippen LogP contribution in [0.25, 0.3) is 27.5 Å². The first-order valence-electron chi connectivity index (χ1n) is 10.2. The van der Waals surface area contributed by atoms with E-state index in [2.05, 4.69) is 57.2 Å². The van der Waals surface area contributed by atoms with Crippen LogP contribution < -0.4 is 0 Å². The fourth-order valence-corrected chi connectivity index (χ4v) is 4.06. The van der Waals surface area contributed by atoms with Crippen molar-refractivity contribution in [3.8, 4) is 0 Å². The van der Waals surface area contributed by atoms with Crippen LogP contribution >= 0.6 is 0 Å². The second kappa shape index (κ2) is 8.58. The summed E-state index contributed by atoms with van der Waals surface area (Å²) in [7, 11) is 0. The van der Waals surface area contributed by atoms with Gasteiger partial charge in [-0.05, 0) is 53.5 Å². The Morgan fingerprint density at radius 2 is 1.54 bits per heavy atom. The molecule has 0 saturated heterocycles. The second-order valence-electron chi connectivity index (χ2n) is 7.48. The number of benzene rings is 2. The van der Waals surface area contributed by atoms with Crippen LogP contribution in [0.2, 0.25) is 0 Å². The summed E-state index contributed by atoms with van der Waals surface area (Å²) in [5.74, 6) is 0.737. The molecule has 4 rings (SSSR count). The van der Waals surface area contributed by atoms with Crippen molar-refractivity contribution >= 4 is 27.5 Å². The highest BCUT2D eigenvalue weighted by Gasteiger charge is 2.26. The zero-order chi connectivity index (χ0) is 19.3. The van der Waals surface area contributed by atoms with Crippen molar-refractivity contribution in [2.24, 2.45) is 11.3 Å². The van der Waals surface area contributed by atoms with Gasteiger partial charge in [-0.25, -0.2) is 0 Å². The molecule has 1 aromatic heterocycles. The summed E-state index contributed by atoms with van der Waals surface area (Å²) in [5, 5.41) is 2.42. The standard InChI is InChI=1S/C21H22O.2C2H6/c1-14-10-16(13-21(2,3)12-14)15-8-9-18-17-6-4-5-7-19(17)22-20(18)11-15;2*1-2/h4-9,11,13-14H,10,12H2,1-3H3;2*1-2H3. The highest BCUT2D eigenvalue weighted by atomic mass is 16.3. The van der Waals surface area contributed by atoms with E-state index in [4.69, 9.17) is 4.42 Å². The third kappa shape index (κ3) is 4.20. The molecule has 1 heterocycles. The van der Waals surface area contributed by atoms with Crippen LogP contribution in [-0.4, -0.2) is 0 Å². The van der Waals surface area contributed by atoms with Crippen LogP contribution in [-0.2, 0) is 0 Å². The molecule has 0 N–H and O–H groups in total. The van der Waals surface area contributed by atoms with Crippen LogP contribution in [0.4, 0.5) is 0 Å². The predicted molar refractivity (Wildman–Crippen MR) is 117 cm³/mol. The number of hydrogen-bond acceptors (Lipinski definition) is 1. The molecule has 0 aliphatic heterocycles. The highest BCUT2D eigenvalue weighted by molar-refractivity contribution is 6.05. The van der Waals surface area contributed by atoms with Crippen molar-refractivity contribution in [3.63, 3.8) is 0 Å². The molecule has 1 unspecified atom stereocenters. The van der Waals surface area contributed by atoms with E-state index in [-0.39, 0.29) is 5.41 Å². The summed E-state index contributed by atoms with van der Waals surface area (Å²) in [4.78, 5) is 0. The number of fused-ring (bicyclic) bond motifs is 3. The second-order valence-corrected chi connectivity index (χ2v) is 7.48. The Balaban J connectivity index is 0.000000570. The minimum absolute atomic E-state index is 0.288. The molecular formula is C25H34O. The topological polar surface area (TPSA) is 13.1 Å². The number of allylic oxidation sites excluding steroid dienone is 2. The highest BCUT2D eigenvalue weighted by Crippen LogP contribution is 2.41. The Bertz CT molecular complexity index is 879. The lowest BCUT2D eigenvalue weighted by molar-refractivity contribution is 0.337. The first kappa shape index (κ1) is 20.3. The van der Waals surface area contributed by atoms with Gasteiger partial charge in [0.15, 0.2) is 0 Å². The van der Waals surface area contributed by atoms with Gasteiger partial charge in [0.05, 0.1) is 0 Å². The molecule has 1 nitrogen and oxygen atoms in total. The summed E-state index contributed by atoms with van der Waals surface area (Å²) in [6.45, 7) is 15.0. The van der Waals surface area contributed by atoms with Gasteiger partial charge in [-0.1, -0.05) is 78.8 Å². The van der Waals surface area contributed by atoms with Gasteiger partial charge in [-0.2, -0.15) is 0 Å². The molecule has 140 valence electrons. The smallest absolute Gasteiger partial charge is 0.136 e. The number of furan rings is 1. The minimum atomic E-state index is 0.288. The average Bonchev–Trinajstić information content (AvgIpc) is 3.01. The first-order valence-corrected chi connectivity index (χ1v) is 10.2. The molecule has 0 radical (unpaired) electrons. The van der Waals surface area contributed by atoms with Gasteiger partial charge < -0.3 is 4.42 Å². The number of hydrogen-bond donors (Lipinski definition) is 0. The molecule has 0 bridgehead atoms. The maximum atomic E-state index is 6.04. The number of rotatable bonds is 1. The summed E-state index contributed by atoms with van der Waals surface area (Å²) < 4.78 is 6.04. The van der Waals surface area contributed by atoms with Gasteiger partial charge in [0, 0.05) is 10.8 Å². The molecule has 1 aliphatic carbocycles. The normalized spacial score (nSPS) is 18.4. The van der Waals surface area contributed by atoms with Crippen molar-refractivity contribution in [1.29, 1.82) is 0 Å². The van der Waals surface area contributed by atoms with E-state index >= 15 is 0 Å². The molecule has 0 spiro atoms. The summed E-state index contributed by atoms with van der Waals surface area (Å²) >= 11 is 0. The largest absolute Gasteiger partial charge is 0.456 e. The molecule has 26 heavy (non-hydrogen) atoms. The summed E-state index contributed by atoms with van der Waals surface area (Å²) in [6.07, 6.45) is 4.88. The lowest BCUT2D eigenvalue weighted by atomic mass is 9.73. The zero-order valence-electron chi connectivity index (χ0n) is 17.5. The predicted octanol–water partition coefficient (Wildman–Crippen LogP) is 8.48. The van der Waals surface area contributed by atoms with Gasteiger partial charge >= 0.3 is 0 Å². The van der Waals surface area contributed by atoms with Gasteiger partial charge in [0.1, 0.15) is 11.2 Å². The molecule has 3 aromatic rings. The Morgan fingerprint density at radius 3 is 2.23 bits per heavy atom. The summed E-state index contributed by atoms with van der Waals surface area (Å²) in [5.41, 5.74) is 5.03. The van der Waals surface area contributed by atoms with Crippen LogP contribution in [0.1, 0.15) is 66.9 Å². The molecular weight excluding hydrogens is 316 g/mol. The van der Waals surface area contributed by atoms with Crippen LogP contribution in [0, 0.1) is 11.3 Å². The van der Waals surface area contributed by atoms with E-state index in [9.17, 15) is 0 Å². The van der Waals surface area contributed by atoms with E-state index in [1.165, 1.54) is 28.3 Å². The molecule has 0 fully saturated rings. The molecule has 0 saturated carbocycles. The van der Waals surface area contributed by atoms with Gasteiger partial charge in [0.25, 0.3) is 0 Å². The van der Waals surface area contributed by atoms with Crippen molar-refractivity contribution in [1.82, 2.24) is 0 Å². The van der Waals surface area contributed by atoms with Crippen LogP contribution in [0.3, 0.4) is 0 Å². The molecule has 1 aliphatic rings. The summed E-state index contributed by atoms with van der Waals surface area (Å²) in [6, 6.07) is 15.0. The first-order chi connectivity index (χ1) is 12.5. The van der Waals surface area contributed by atoms with E-state index in [1.807, 2.05) is 39.8 Å². The fourth-order valence-electron chi connectivity index (χ4n) is 4.06. The zero-order valence-corrected chi connectivity index (χ0v) is 17.5. The fraction of sp³-hybridized carbons (Fsp3) is 0.440. The molecule has 2 aromatic carbocycles. The Morgan fingerprint density at radius 1 is 0.885 bits per heavy atom. The van der Waals surface area contributed by atoms with Crippen LogP contribution in [0.15, 0.2) is 53.0 Å². The van der Waals surface area contributed by atoms with Gasteiger partial charge in [-0.15, -0.1) is 0 Å².